The number of hydrogen-bond donors (Lipinski definition) is 1. The number of rotatable bonds is 3. The Morgan fingerprint density at radius 2 is 2.05 bits per heavy atom. The zero-order valence-electron chi connectivity index (χ0n) is 10.2. The Balaban J connectivity index is 1.84. The molecule has 1 fully saturated rings. The number of amides is 1. The van der Waals surface area contributed by atoms with Gasteiger partial charge in [0.15, 0.2) is 17.8 Å². The fourth-order valence-corrected chi connectivity index (χ4v) is 2.02. The molecule has 5 heteroatoms. The zero-order chi connectivity index (χ0) is 13.2. The molecule has 0 unspecified atom stereocenters. The van der Waals surface area contributed by atoms with Crippen LogP contribution in [0.15, 0.2) is 35.1 Å². The summed E-state index contributed by atoms with van der Waals surface area (Å²) in [6.07, 6.45) is 4.40. The highest BCUT2D eigenvalue weighted by molar-refractivity contribution is 5.97. The van der Waals surface area contributed by atoms with E-state index in [1.54, 1.807) is 12.1 Å². The summed E-state index contributed by atoms with van der Waals surface area (Å²) in [5.74, 6) is -0.196. The molecule has 1 aliphatic carbocycles. The summed E-state index contributed by atoms with van der Waals surface area (Å²) in [6.45, 7) is 0. The normalized spacial score (nSPS) is 15.0. The monoisotopic (exact) mass is 260 g/mol. The molecule has 98 valence electrons. The van der Waals surface area contributed by atoms with E-state index >= 15 is 0 Å². The van der Waals surface area contributed by atoms with Crippen molar-refractivity contribution in [2.75, 3.05) is 0 Å². The number of halogens is 1. The molecule has 3 rings (SSSR count). The largest absolute Gasteiger partial charge is 0.443 e. The summed E-state index contributed by atoms with van der Waals surface area (Å²) in [5, 5.41) is 2.90. The van der Waals surface area contributed by atoms with Crippen molar-refractivity contribution in [3.05, 3.63) is 42.2 Å². The van der Waals surface area contributed by atoms with Crippen LogP contribution >= 0.6 is 0 Å². The number of oxazole rings is 1. The number of benzene rings is 1. The van der Waals surface area contributed by atoms with E-state index < -0.39 is 0 Å². The number of nitrogens with zero attached hydrogens (tertiary/aromatic N) is 1. The van der Waals surface area contributed by atoms with E-state index in [9.17, 15) is 9.18 Å². The minimum absolute atomic E-state index is 0.238. The van der Waals surface area contributed by atoms with Gasteiger partial charge in [0.2, 0.25) is 0 Å². The minimum atomic E-state index is -0.330. The maximum atomic E-state index is 12.9. The molecule has 1 N–H and O–H groups in total. The molecule has 19 heavy (non-hydrogen) atoms. The molecule has 1 amide bonds. The molecular weight excluding hydrogens is 247 g/mol. The molecule has 1 aromatic carbocycles. The average molecular weight is 260 g/mol. The van der Waals surface area contributed by atoms with Gasteiger partial charge in [-0.3, -0.25) is 4.79 Å². The van der Waals surface area contributed by atoms with Crippen LogP contribution in [0.5, 0.6) is 0 Å². The number of nitrogens with one attached hydrogen (secondary N) is 1. The molecule has 0 radical (unpaired) electrons. The van der Waals surface area contributed by atoms with Gasteiger partial charge >= 0.3 is 0 Å². The topological polar surface area (TPSA) is 55.1 Å². The number of hydrogen-bond acceptors (Lipinski definition) is 3. The molecular formula is C14H13FN2O2. The molecule has 0 atom stereocenters. The summed E-state index contributed by atoms with van der Waals surface area (Å²) in [6, 6.07) is 6.02. The summed E-state index contributed by atoms with van der Waals surface area (Å²) >= 11 is 0. The molecule has 4 nitrogen and oxygen atoms in total. The third-order valence-electron chi connectivity index (χ3n) is 3.33. The highest BCUT2D eigenvalue weighted by atomic mass is 19.1. The van der Waals surface area contributed by atoms with Gasteiger partial charge in [-0.25, -0.2) is 9.37 Å². The molecule has 1 saturated carbocycles. The Hall–Kier alpha value is -2.17. The summed E-state index contributed by atoms with van der Waals surface area (Å²) in [5.41, 5.74) is 0.885. The van der Waals surface area contributed by atoms with Gasteiger partial charge in [0.1, 0.15) is 5.82 Å². The second-order valence-corrected chi connectivity index (χ2v) is 4.64. The van der Waals surface area contributed by atoms with Gasteiger partial charge in [-0.1, -0.05) is 0 Å². The van der Waals surface area contributed by atoms with E-state index in [0.29, 0.717) is 11.3 Å². The zero-order valence-corrected chi connectivity index (χ0v) is 10.2. The van der Waals surface area contributed by atoms with Crippen molar-refractivity contribution in [2.45, 2.75) is 25.3 Å². The SMILES string of the molecule is O=C(NC1CCC1)c1ncoc1-c1ccc(F)cc1. The summed E-state index contributed by atoms with van der Waals surface area (Å²) in [7, 11) is 0. The van der Waals surface area contributed by atoms with Gasteiger partial charge in [0, 0.05) is 11.6 Å². The predicted molar refractivity (Wildman–Crippen MR) is 67.0 cm³/mol. The number of aromatic nitrogens is 1. The van der Waals surface area contributed by atoms with Crippen LogP contribution in [-0.4, -0.2) is 16.9 Å². The van der Waals surface area contributed by atoms with Crippen molar-refractivity contribution in [3.8, 4) is 11.3 Å². The fraction of sp³-hybridized carbons (Fsp3) is 0.286. The molecule has 0 spiro atoms. The maximum Gasteiger partial charge on any atom is 0.274 e. The lowest BCUT2D eigenvalue weighted by atomic mass is 9.93. The standard InChI is InChI=1S/C14H13FN2O2/c15-10-6-4-9(5-7-10)13-12(16-8-19-13)14(18)17-11-2-1-3-11/h4-8,11H,1-3H2,(H,17,18). The Morgan fingerprint density at radius 1 is 1.32 bits per heavy atom. The molecule has 1 aliphatic rings. The maximum absolute atomic E-state index is 12.9. The van der Waals surface area contributed by atoms with Crippen molar-refractivity contribution in [1.82, 2.24) is 10.3 Å². The van der Waals surface area contributed by atoms with Crippen molar-refractivity contribution >= 4 is 5.91 Å². The van der Waals surface area contributed by atoms with Gasteiger partial charge in [0.25, 0.3) is 5.91 Å². The van der Waals surface area contributed by atoms with Crippen molar-refractivity contribution < 1.29 is 13.6 Å². The van der Waals surface area contributed by atoms with Gasteiger partial charge in [0.05, 0.1) is 0 Å². The van der Waals surface area contributed by atoms with E-state index in [0.717, 1.165) is 19.3 Å². The third kappa shape index (κ3) is 2.36. The van der Waals surface area contributed by atoms with Gasteiger partial charge < -0.3 is 9.73 Å². The third-order valence-corrected chi connectivity index (χ3v) is 3.33. The molecule has 0 bridgehead atoms. The van der Waals surface area contributed by atoms with Crippen LogP contribution in [0.1, 0.15) is 29.8 Å². The van der Waals surface area contributed by atoms with Crippen LogP contribution in [0.3, 0.4) is 0 Å². The van der Waals surface area contributed by atoms with Crippen LogP contribution < -0.4 is 5.32 Å². The average Bonchev–Trinajstić information content (AvgIpc) is 2.84. The van der Waals surface area contributed by atoms with Crippen LogP contribution in [0.4, 0.5) is 4.39 Å². The Labute approximate surface area is 109 Å². The minimum Gasteiger partial charge on any atom is -0.443 e. The van der Waals surface area contributed by atoms with E-state index in [1.165, 1.54) is 18.5 Å². The first-order chi connectivity index (χ1) is 9.24. The van der Waals surface area contributed by atoms with Crippen LogP contribution in [0.2, 0.25) is 0 Å². The molecule has 0 saturated heterocycles. The smallest absolute Gasteiger partial charge is 0.274 e. The Bertz CT molecular complexity index is 588. The van der Waals surface area contributed by atoms with E-state index in [2.05, 4.69) is 10.3 Å². The molecule has 0 aliphatic heterocycles. The molecule has 1 aromatic heterocycles. The quantitative estimate of drug-likeness (QED) is 0.923. The van der Waals surface area contributed by atoms with Crippen molar-refractivity contribution in [3.63, 3.8) is 0 Å². The van der Waals surface area contributed by atoms with Gasteiger partial charge in [-0.05, 0) is 43.5 Å². The summed E-state index contributed by atoms with van der Waals surface area (Å²) < 4.78 is 18.1. The lowest BCUT2D eigenvalue weighted by Crippen LogP contribution is -2.39. The summed E-state index contributed by atoms with van der Waals surface area (Å²) in [4.78, 5) is 16.0. The first kappa shape index (κ1) is 11.9. The molecule has 1 heterocycles. The number of carbonyl (C=O) groups excluding carboxylic acids is 1. The second kappa shape index (κ2) is 4.84. The lowest BCUT2D eigenvalue weighted by molar-refractivity contribution is 0.0912. The number of carbonyl (C=O) groups is 1. The van der Waals surface area contributed by atoms with E-state index in [-0.39, 0.29) is 23.5 Å². The Kier molecular flexibility index (Phi) is 3.03. The van der Waals surface area contributed by atoms with Crippen LogP contribution in [0, 0.1) is 5.82 Å². The Morgan fingerprint density at radius 3 is 2.68 bits per heavy atom. The first-order valence-electron chi connectivity index (χ1n) is 6.24. The highest BCUT2D eigenvalue weighted by Crippen LogP contribution is 2.24. The van der Waals surface area contributed by atoms with Crippen molar-refractivity contribution in [1.29, 1.82) is 0 Å². The first-order valence-corrected chi connectivity index (χ1v) is 6.24. The van der Waals surface area contributed by atoms with Gasteiger partial charge in [-0.15, -0.1) is 0 Å². The fourth-order valence-electron chi connectivity index (χ4n) is 2.02. The predicted octanol–water partition coefficient (Wildman–Crippen LogP) is 2.76. The van der Waals surface area contributed by atoms with Crippen molar-refractivity contribution in [2.24, 2.45) is 0 Å². The lowest BCUT2D eigenvalue weighted by Gasteiger charge is -2.25. The molecule has 2 aromatic rings. The highest BCUT2D eigenvalue weighted by Gasteiger charge is 2.24. The van der Waals surface area contributed by atoms with E-state index in [1.807, 2.05) is 0 Å². The van der Waals surface area contributed by atoms with E-state index in [4.69, 9.17) is 4.42 Å². The van der Waals surface area contributed by atoms with Gasteiger partial charge in [-0.2, -0.15) is 0 Å². The second-order valence-electron chi connectivity index (χ2n) is 4.64. The van der Waals surface area contributed by atoms with Crippen LogP contribution in [-0.2, 0) is 0 Å². The van der Waals surface area contributed by atoms with Crippen LogP contribution in [0.25, 0.3) is 11.3 Å².